The molecule has 3 heterocycles. The summed E-state index contributed by atoms with van der Waals surface area (Å²) >= 11 is 0. The van der Waals surface area contributed by atoms with Crippen LogP contribution in [0, 0.1) is 24.6 Å². The molecule has 126 valence electrons. The average Bonchev–Trinajstić information content (AvgIpc) is 3.06. The Morgan fingerprint density at radius 1 is 1.15 bits per heavy atom. The topological polar surface area (TPSA) is 73.3 Å². The van der Waals surface area contributed by atoms with E-state index in [2.05, 4.69) is 27.0 Å². The van der Waals surface area contributed by atoms with Gasteiger partial charge in [-0.15, -0.1) is 0 Å². The van der Waals surface area contributed by atoms with E-state index < -0.39 is 0 Å². The summed E-state index contributed by atoms with van der Waals surface area (Å²) in [5, 5.41) is 3.68. The largest absolute Gasteiger partial charge is 0.334 e. The van der Waals surface area contributed by atoms with Crippen molar-refractivity contribution in [1.29, 1.82) is 0 Å². The molecule has 0 unspecified atom stereocenters. The van der Waals surface area contributed by atoms with E-state index in [4.69, 9.17) is 4.52 Å². The molecule has 0 spiro atoms. The molecule has 0 N–H and O–H groups in total. The van der Waals surface area contributed by atoms with Gasteiger partial charge in [0.25, 0.3) is 11.4 Å². The first-order valence-electron chi connectivity index (χ1n) is 7.70. The maximum absolute atomic E-state index is 13.2. The van der Waals surface area contributed by atoms with Crippen LogP contribution in [0.1, 0.15) is 17.0 Å². The summed E-state index contributed by atoms with van der Waals surface area (Å²) in [5.41, 5.74) is 1.56. The lowest BCUT2D eigenvalue weighted by Crippen LogP contribution is -2.16. The number of rotatable bonds is 1. The lowest BCUT2D eigenvalue weighted by molar-refractivity contribution is 0.425. The molecule has 0 aliphatic carbocycles. The number of nitrogens with zero attached hydrogens (tertiary/aromatic N) is 4. The molecule has 26 heavy (non-hydrogen) atoms. The van der Waals surface area contributed by atoms with Gasteiger partial charge < -0.3 is 4.52 Å². The molecule has 1 aromatic carbocycles. The van der Waals surface area contributed by atoms with Crippen LogP contribution >= 0.6 is 0 Å². The molecule has 7 heteroatoms. The molecule has 0 saturated carbocycles. The zero-order chi connectivity index (χ0) is 18.1. The van der Waals surface area contributed by atoms with Crippen LogP contribution in [0.15, 0.2) is 58.1 Å². The van der Waals surface area contributed by atoms with E-state index in [-0.39, 0.29) is 22.8 Å². The van der Waals surface area contributed by atoms with Crippen molar-refractivity contribution in [3.8, 4) is 23.3 Å². The van der Waals surface area contributed by atoms with E-state index in [1.54, 1.807) is 37.4 Å². The second kappa shape index (κ2) is 6.26. The fourth-order valence-electron chi connectivity index (χ4n) is 2.42. The average molecular weight is 346 g/mol. The van der Waals surface area contributed by atoms with Crippen molar-refractivity contribution in [2.45, 2.75) is 6.92 Å². The summed E-state index contributed by atoms with van der Waals surface area (Å²) in [7, 11) is 0. The minimum absolute atomic E-state index is 0.129. The molecule has 0 atom stereocenters. The van der Waals surface area contributed by atoms with Crippen LogP contribution in [0.3, 0.4) is 0 Å². The Morgan fingerprint density at radius 2 is 1.96 bits per heavy atom. The second-order valence-electron chi connectivity index (χ2n) is 5.53. The van der Waals surface area contributed by atoms with E-state index >= 15 is 0 Å². The third-order valence-electron chi connectivity index (χ3n) is 3.64. The standard InChI is InChI=1S/C19H11FN4O2/c1-12-22-18(26-23-12)16-11-21-17-10-14(7-8-24(17)19(16)25)6-5-13-3-2-4-15(20)9-13/h2-4,7-11H,1H3. The van der Waals surface area contributed by atoms with Crippen LogP contribution in [0.4, 0.5) is 4.39 Å². The van der Waals surface area contributed by atoms with Crippen molar-refractivity contribution in [3.05, 3.63) is 81.9 Å². The maximum Gasteiger partial charge on any atom is 0.270 e. The summed E-state index contributed by atoms with van der Waals surface area (Å²) in [5.74, 6) is 6.05. The van der Waals surface area contributed by atoms with Crippen molar-refractivity contribution >= 4 is 5.65 Å². The predicted octanol–water partition coefficient (Wildman–Crippen LogP) is 2.59. The van der Waals surface area contributed by atoms with Crippen LogP contribution in [0.2, 0.25) is 0 Å². The molecule has 0 aliphatic heterocycles. The Balaban J connectivity index is 1.74. The minimum atomic E-state index is -0.340. The monoisotopic (exact) mass is 346 g/mol. The quantitative estimate of drug-likeness (QED) is 0.495. The molecular weight excluding hydrogens is 335 g/mol. The Labute approximate surface area is 146 Å². The van der Waals surface area contributed by atoms with Crippen LogP contribution in [-0.4, -0.2) is 19.5 Å². The lowest BCUT2D eigenvalue weighted by atomic mass is 10.2. The van der Waals surface area contributed by atoms with Gasteiger partial charge in [0.05, 0.1) is 0 Å². The Morgan fingerprint density at radius 3 is 2.69 bits per heavy atom. The molecule has 4 rings (SSSR count). The van der Waals surface area contributed by atoms with E-state index in [1.807, 2.05) is 0 Å². The van der Waals surface area contributed by atoms with Gasteiger partial charge in [0.2, 0.25) is 0 Å². The summed E-state index contributed by atoms with van der Waals surface area (Å²) in [6, 6.07) is 9.40. The number of hydrogen-bond acceptors (Lipinski definition) is 5. The number of hydrogen-bond donors (Lipinski definition) is 0. The van der Waals surface area contributed by atoms with Crippen molar-refractivity contribution in [2.24, 2.45) is 0 Å². The molecule has 6 nitrogen and oxygen atoms in total. The highest BCUT2D eigenvalue weighted by molar-refractivity contribution is 5.55. The van der Waals surface area contributed by atoms with Gasteiger partial charge in [-0.2, -0.15) is 4.98 Å². The third-order valence-corrected chi connectivity index (χ3v) is 3.64. The number of pyridine rings is 1. The molecule has 0 aliphatic rings. The molecule has 0 fully saturated rings. The maximum atomic E-state index is 13.2. The highest BCUT2D eigenvalue weighted by Crippen LogP contribution is 2.12. The predicted molar refractivity (Wildman–Crippen MR) is 91.9 cm³/mol. The van der Waals surface area contributed by atoms with Crippen LogP contribution in [0.5, 0.6) is 0 Å². The van der Waals surface area contributed by atoms with Crippen LogP contribution in [0.25, 0.3) is 17.1 Å². The molecule has 0 bridgehead atoms. The minimum Gasteiger partial charge on any atom is -0.334 e. The number of benzene rings is 1. The number of halogens is 1. The summed E-state index contributed by atoms with van der Waals surface area (Å²) in [4.78, 5) is 20.9. The number of aryl methyl sites for hydroxylation is 1. The molecular formula is C19H11FN4O2. The summed E-state index contributed by atoms with van der Waals surface area (Å²) < 4.78 is 19.6. The van der Waals surface area contributed by atoms with Crippen LogP contribution in [-0.2, 0) is 0 Å². The Bertz CT molecular complexity index is 1250. The van der Waals surface area contributed by atoms with Crippen molar-refractivity contribution in [1.82, 2.24) is 19.5 Å². The van der Waals surface area contributed by atoms with E-state index in [9.17, 15) is 9.18 Å². The van der Waals surface area contributed by atoms with Gasteiger partial charge in [-0.25, -0.2) is 9.37 Å². The third kappa shape index (κ3) is 2.96. The number of aromatic nitrogens is 4. The van der Waals surface area contributed by atoms with E-state index in [0.29, 0.717) is 22.6 Å². The van der Waals surface area contributed by atoms with Crippen LogP contribution < -0.4 is 5.56 Å². The fourth-order valence-corrected chi connectivity index (χ4v) is 2.42. The van der Waals surface area contributed by atoms with Gasteiger partial charge in [0, 0.05) is 23.5 Å². The smallest absolute Gasteiger partial charge is 0.270 e. The van der Waals surface area contributed by atoms with E-state index in [0.717, 1.165) is 0 Å². The van der Waals surface area contributed by atoms with Gasteiger partial charge in [-0.05, 0) is 37.3 Å². The molecule has 0 radical (unpaired) electrons. The van der Waals surface area contributed by atoms with Gasteiger partial charge in [-0.1, -0.05) is 23.1 Å². The Hall–Kier alpha value is -3.79. The SMILES string of the molecule is Cc1noc(-c2cnc3cc(C#Cc4cccc(F)c4)ccn3c2=O)n1. The molecule has 4 aromatic rings. The van der Waals surface area contributed by atoms with Gasteiger partial charge in [0.1, 0.15) is 17.0 Å². The van der Waals surface area contributed by atoms with Crippen molar-refractivity contribution in [3.63, 3.8) is 0 Å². The van der Waals surface area contributed by atoms with Gasteiger partial charge >= 0.3 is 0 Å². The lowest BCUT2D eigenvalue weighted by Gasteiger charge is -2.01. The van der Waals surface area contributed by atoms with Crippen molar-refractivity contribution < 1.29 is 8.91 Å². The Kier molecular flexibility index (Phi) is 3.78. The molecule has 0 amide bonds. The summed E-state index contributed by atoms with van der Waals surface area (Å²) in [6.07, 6.45) is 2.97. The fraction of sp³-hybridized carbons (Fsp3) is 0.0526. The second-order valence-corrected chi connectivity index (χ2v) is 5.53. The zero-order valence-electron chi connectivity index (χ0n) is 13.6. The van der Waals surface area contributed by atoms with Gasteiger partial charge in [-0.3, -0.25) is 9.20 Å². The first-order valence-corrected chi connectivity index (χ1v) is 7.70. The highest BCUT2D eigenvalue weighted by atomic mass is 19.1. The zero-order valence-corrected chi connectivity index (χ0v) is 13.6. The first kappa shape index (κ1) is 15.7. The number of fused-ring (bicyclic) bond motifs is 1. The first-order chi connectivity index (χ1) is 12.6. The molecule has 0 saturated heterocycles. The normalized spacial score (nSPS) is 10.5. The van der Waals surface area contributed by atoms with Crippen molar-refractivity contribution in [2.75, 3.05) is 0 Å². The highest BCUT2D eigenvalue weighted by Gasteiger charge is 2.13. The molecule has 3 aromatic heterocycles. The summed E-state index contributed by atoms with van der Waals surface area (Å²) in [6.45, 7) is 1.67. The van der Waals surface area contributed by atoms with E-state index in [1.165, 1.54) is 22.7 Å². The van der Waals surface area contributed by atoms with Gasteiger partial charge in [0.15, 0.2) is 5.82 Å².